The molecule has 0 bridgehead atoms. The van der Waals surface area contributed by atoms with Gasteiger partial charge in [0, 0.05) is 6.54 Å². The van der Waals surface area contributed by atoms with Gasteiger partial charge in [0.05, 0.1) is 6.10 Å². The molecular formula is C10H17NO. The third-order valence-corrected chi connectivity index (χ3v) is 1.28. The van der Waals surface area contributed by atoms with Crippen LogP contribution in [-0.4, -0.2) is 17.8 Å². The van der Waals surface area contributed by atoms with Gasteiger partial charge >= 0.3 is 0 Å². The molecule has 0 radical (unpaired) electrons. The van der Waals surface area contributed by atoms with E-state index in [4.69, 9.17) is 10.8 Å². The Morgan fingerprint density at radius 3 is 1.92 bits per heavy atom. The van der Waals surface area contributed by atoms with Crippen molar-refractivity contribution in [2.75, 3.05) is 6.54 Å². The molecule has 0 aliphatic heterocycles. The highest BCUT2D eigenvalue weighted by Crippen LogP contribution is 1.92. The average molecular weight is 167 g/mol. The molecular weight excluding hydrogens is 150 g/mol. The van der Waals surface area contributed by atoms with Gasteiger partial charge in [0.15, 0.2) is 0 Å². The number of rotatable bonds is 1. The minimum atomic E-state index is -0.338. The third kappa shape index (κ3) is 7.25. The lowest BCUT2D eigenvalue weighted by atomic mass is 10.2. The molecule has 0 spiro atoms. The van der Waals surface area contributed by atoms with Crippen LogP contribution in [0.4, 0.5) is 0 Å². The predicted octanol–water partition coefficient (Wildman–Crippen LogP) is 1.32. The van der Waals surface area contributed by atoms with Gasteiger partial charge < -0.3 is 10.8 Å². The summed E-state index contributed by atoms with van der Waals surface area (Å²) in [4.78, 5) is 0. The lowest BCUT2D eigenvalue weighted by Gasteiger charge is -1.91. The Kier molecular flexibility index (Phi) is 6.34. The van der Waals surface area contributed by atoms with Crippen molar-refractivity contribution in [1.82, 2.24) is 0 Å². The maximum Gasteiger partial charge on any atom is 0.0634 e. The smallest absolute Gasteiger partial charge is 0.0634 e. The molecule has 0 saturated heterocycles. The van der Waals surface area contributed by atoms with Gasteiger partial charge in [0.1, 0.15) is 0 Å². The molecule has 1 unspecified atom stereocenters. The van der Waals surface area contributed by atoms with Crippen LogP contribution in [0.5, 0.6) is 0 Å². The lowest BCUT2D eigenvalue weighted by molar-refractivity contribution is 0.203. The van der Waals surface area contributed by atoms with E-state index >= 15 is 0 Å². The molecule has 0 heterocycles. The molecule has 2 heteroatoms. The standard InChI is InChI=1S/C7H8.C3H9NO/c1-7-5-3-2-4-6-7;1-3(5)2-4/h2-6H,1H3;3,5H,2,4H2,1H3. The van der Waals surface area contributed by atoms with Gasteiger partial charge in [0.2, 0.25) is 0 Å². The molecule has 2 nitrogen and oxygen atoms in total. The minimum absolute atomic E-state index is 0.338. The fraction of sp³-hybridized carbons (Fsp3) is 0.400. The third-order valence-electron chi connectivity index (χ3n) is 1.28. The van der Waals surface area contributed by atoms with Crippen molar-refractivity contribution in [2.24, 2.45) is 5.73 Å². The monoisotopic (exact) mass is 167 g/mol. The first-order chi connectivity index (χ1) is 5.66. The molecule has 1 aromatic carbocycles. The van der Waals surface area contributed by atoms with Gasteiger partial charge in [-0.3, -0.25) is 0 Å². The van der Waals surface area contributed by atoms with E-state index in [1.54, 1.807) is 6.92 Å². The molecule has 12 heavy (non-hydrogen) atoms. The average Bonchev–Trinajstić information content (AvgIpc) is 2.07. The summed E-state index contributed by atoms with van der Waals surface area (Å²) >= 11 is 0. The Morgan fingerprint density at radius 2 is 1.75 bits per heavy atom. The quantitative estimate of drug-likeness (QED) is 0.662. The summed E-state index contributed by atoms with van der Waals surface area (Å²) in [6.45, 7) is 4.10. The Morgan fingerprint density at radius 1 is 1.33 bits per heavy atom. The molecule has 0 aromatic heterocycles. The van der Waals surface area contributed by atoms with E-state index in [-0.39, 0.29) is 6.10 Å². The Labute approximate surface area is 74.0 Å². The van der Waals surface area contributed by atoms with E-state index in [2.05, 4.69) is 19.1 Å². The molecule has 68 valence electrons. The molecule has 0 aliphatic rings. The summed E-state index contributed by atoms with van der Waals surface area (Å²) in [7, 11) is 0. The zero-order valence-corrected chi connectivity index (χ0v) is 7.70. The molecule has 1 aromatic rings. The summed E-state index contributed by atoms with van der Waals surface area (Å²) < 4.78 is 0. The van der Waals surface area contributed by atoms with Gasteiger partial charge in [-0.15, -0.1) is 0 Å². The normalized spacial score (nSPS) is 11.3. The first kappa shape index (κ1) is 11.1. The summed E-state index contributed by atoms with van der Waals surface area (Å²) in [5.41, 5.74) is 6.24. The fourth-order valence-corrected chi connectivity index (χ4v) is 0.534. The summed E-state index contributed by atoms with van der Waals surface area (Å²) in [6.07, 6.45) is -0.338. The topological polar surface area (TPSA) is 46.2 Å². The second kappa shape index (κ2) is 6.83. The summed E-state index contributed by atoms with van der Waals surface area (Å²) in [5.74, 6) is 0. The van der Waals surface area contributed by atoms with E-state index in [0.29, 0.717) is 6.54 Å². The van der Waals surface area contributed by atoms with Crippen molar-refractivity contribution in [3.05, 3.63) is 35.9 Å². The Balaban J connectivity index is 0.000000217. The first-order valence-electron chi connectivity index (χ1n) is 4.06. The number of nitrogens with two attached hydrogens (primary N) is 1. The van der Waals surface area contributed by atoms with Crippen LogP contribution < -0.4 is 5.73 Å². The number of hydrogen-bond acceptors (Lipinski definition) is 2. The van der Waals surface area contributed by atoms with Crippen LogP contribution in [-0.2, 0) is 0 Å². The van der Waals surface area contributed by atoms with Gasteiger partial charge in [-0.2, -0.15) is 0 Å². The fourth-order valence-electron chi connectivity index (χ4n) is 0.534. The maximum absolute atomic E-state index is 8.24. The summed E-state index contributed by atoms with van der Waals surface area (Å²) in [6, 6.07) is 10.3. The number of aliphatic hydroxyl groups excluding tert-OH is 1. The molecule has 0 aliphatic carbocycles. The highest BCUT2D eigenvalue weighted by Gasteiger charge is 1.81. The minimum Gasteiger partial charge on any atom is -0.392 e. The van der Waals surface area contributed by atoms with Crippen molar-refractivity contribution in [1.29, 1.82) is 0 Å². The van der Waals surface area contributed by atoms with Gasteiger partial charge in [-0.25, -0.2) is 0 Å². The van der Waals surface area contributed by atoms with E-state index in [0.717, 1.165) is 0 Å². The van der Waals surface area contributed by atoms with E-state index < -0.39 is 0 Å². The van der Waals surface area contributed by atoms with Gasteiger partial charge in [-0.1, -0.05) is 35.9 Å². The molecule has 0 saturated carbocycles. The van der Waals surface area contributed by atoms with Crippen molar-refractivity contribution >= 4 is 0 Å². The Bertz CT molecular complexity index is 184. The van der Waals surface area contributed by atoms with Gasteiger partial charge in [-0.05, 0) is 13.8 Å². The Hall–Kier alpha value is -0.860. The number of aryl methyl sites for hydroxylation is 1. The van der Waals surface area contributed by atoms with Crippen LogP contribution in [0.3, 0.4) is 0 Å². The second-order valence-corrected chi connectivity index (χ2v) is 2.74. The zero-order chi connectivity index (χ0) is 9.40. The maximum atomic E-state index is 8.24. The van der Waals surface area contributed by atoms with E-state index in [9.17, 15) is 0 Å². The highest BCUT2D eigenvalue weighted by molar-refractivity contribution is 5.11. The van der Waals surface area contributed by atoms with Crippen molar-refractivity contribution < 1.29 is 5.11 Å². The number of aliphatic hydroxyl groups is 1. The molecule has 1 atom stereocenters. The van der Waals surface area contributed by atoms with Crippen LogP contribution in [0.1, 0.15) is 12.5 Å². The molecule has 1 rings (SSSR count). The van der Waals surface area contributed by atoms with Crippen molar-refractivity contribution in [2.45, 2.75) is 20.0 Å². The predicted molar refractivity (Wildman–Crippen MR) is 51.9 cm³/mol. The van der Waals surface area contributed by atoms with E-state index in [1.165, 1.54) is 5.56 Å². The number of benzene rings is 1. The van der Waals surface area contributed by atoms with Crippen LogP contribution in [0, 0.1) is 6.92 Å². The van der Waals surface area contributed by atoms with Gasteiger partial charge in [0.25, 0.3) is 0 Å². The van der Waals surface area contributed by atoms with Crippen LogP contribution in [0.15, 0.2) is 30.3 Å². The highest BCUT2D eigenvalue weighted by atomic mass is 16.3. The lowest BCUT2D eigenvalue weighted by Crippen LogP contribution is -2.14. The van der Waals surface area contributed by atoms with Crippen molar-refractivity contribution in [3.8, 4) is 0 Å². The van der Waals surface area contributed by atoms with Crippen LogP contribution in [0.25, 0.3) is 0 Å². The SMILES string of the molecule is CC(O)CN.Cc1ccccc1. The second-order valence-electron chi connectivity index (χ2n) is 2.74. The summed E-state index contributed by atoms with van der Waals surface area (Å²) in [5, 5.41) is 8.24. The zero-order valence-electron chi connectivity index (χ0n) is 7.70. The molecule has 3 N–H and O–H groups in total. The van der Waals surface area contributed by atoms with Crippen LogP contribution in [0.2, 0.25) is 0 Å². The van der Waals surface area contributed by atoms with Crippen molar-refractivity contribution in [3.63, 3.8) is 0 Å². The van der Waals surface area contributed by atoms with E-state index in [1.807, 2.05) is 18.2 Å². The first-order valence-corrected chi connectivity index (χ1v) is 4.06. The largest absolute Gasteiger partial charge is 0.392 e. The molecule has 0 fully saturated rings. The number of hydrogen-bond donors (Lipinski definition) is 2. The van der Waals surface area contributed by atoms with Crippen LogP contribution >= 0.6 is 0 Å². The molecule has 0 amide bonds.